The molecule has 1 unspecified atom stereocenters. The van der Waals surface area contributed by atoms with Gasteiger partial charge in [-0.1, -0.05) is 89.7 Å². The summed E-state index contributed by atoms with van der Waals surface area (Å²) in [6, 6.07) is 18.9. The van der Waals surface area contributed by atoms with Gasteiger partial charge in [0, 0.05) is 10.0 Å². The molecule has 0 saturated heterocycles. The standard InChI is InChI=1S/C32H26Cl2N2O5S/c1-4-14-40-25-13-11-22(15-26(25)39-3)29-28(31(38)41-18-20-8-6-5-7-9-20)19(2)35-32-36(29)30(37)27(42-32)16-21-10-12-23(33)17-24(21)34/h4-13,15-17,29H,1,14,18H2,2-3H3. The molecule has 1 aliphatic heterocycles. The number of nitrogens with zero attached hydrogens (tertiary/aromatic N) is 2. The zero-order valence-electron chi connectivity index (χ0n) is 22.8. The van der Waals surface area contributed by atoms with Gasteiger partial charge < -0.3 is 14.2 Å². The minimum absolute atomic E-state index is 0.0698. The number of thiazole rings is 1. The molecule has 0 radical (unpaired) electrons. The van der Waals surface area contributed by atoms with Crippen LogP contribution in [0.2, 0.25) is 10.0 Å². The lowest BCUT2D eigenvalue weighted by Crippen LogP contribution is -2.39. The van der Waals surface area contributed by atoms with Crippen LogP contribution in [0.3, 0.4) is 0 Å². The first kappa shape index (κ1) is 29.4. The molecule has 0 saturated carbocycles. The minimum atomic E-state index is -0.838. The number of allylic oxidation sites excluding steroid dienone is 1. The van der Waals surface area contributed by atoms with Crippen molar-refractivity contribution in [2.75, 3.05) is 13.7 Å². The number of esters is 1. The number of carbonyl (C=O) groups is 1. The van der Waals surface area contributed by atoms with Gasteiger partial charge in [-0.15, -0.1) is 0 Å². The molecule has 5 rings (SSSR count). The summed E-state index contributed by atoms with van der Waals surface area (Å²) in [6.07, 6.45) is 3.32. The van der Waals surface area contributed by atoms with Gasteiger partial charge in [0.25, 0.3) is 5.56 Å². The van der Waals surface area contributed by atoms with Crippen LogP contribution in [0, 0.1) is 0 Å². The predicted octanol–water partition coefficient (Wildman–Crippen LogP) is 5.86. The maximum Gasteiger partial charge on any atom is 0.338 e. The van der Waals surface area contributed by atoms with Gasteiger partial charge >= 0.3 is 5.97 Å². The highest BCUT2D eigenvalue weighted by Gasteiger charge is 2.34. The van der Waals surface area contributed by atoms with E-state index in [1.165, 1.54) is 23.0 Å². The molecule has 42 heavy (non-hydrogen) atoms. The average molecular weight is 622 g/mol. The second-order valence-corrected chi connectivity index (χ2v) is 11.2. The average Bonchev–Trinajstić information content (AvgIpc) is 3.29. The van der Waals surface area contributed by atoms with Crippen molar-refractivity contribution in [2.45, 2.75) is 19.6 Å². The summed E-state index contributed by atoms with van der Waals surface area (Å²) in [4.78, 5) is 32.7. The lowest BCUT2D eigenvalue weighted by Gasteiger charge is -2.25. The van der Waals surface area contributed by atoms with Crippen molar-refractivity contribution >= 4 is 46.6 Å². The third-order valence-electron chi connectivity index (χ3n) is 6.56. The molecule has 0 N–H and O–H groups in total. The quantitative estimate of drug-likeness (QED) is 0.173. The van der Waals surface area contributed by atoms with E-state index in [1.54, 1.807) is 55.5 Å². The van der Waals surface area contributed by atoms with E-state index >= 15 is 0 Å². The second kappa shape index (κ2) is 12.8. The van der Waals surface area contributed by atoms with Crippen LogP contribution >= 0.6 is 34.5 Å². The molecule has 2 heterocycles. The van der Waals surface area contributed by atoms with E-state index in [-0.39, 0.29) is 24.3 Å². The number of benzene rings is 3. The first-order chi connectivity index (χ1) is 20.3. The van der Waals surface area contributed by atoms with Crippen LogP contribution in [-0.2, 0) is 16.1 Å². The summed E-state index contributed by atoms with van der Waals surface area (Å²) in [6.45, 7) is 5.78. The molecule has 1 aromatic heterocycles. The van der Waals surface area contributed by atoms with E-state index in [0.29, 0.717) is 47.7 Å². The van der Waals surface area contributed by atoms with E-state index in [2.05, 4.69) is 11.6 Å². The number of halogens is 2. The van der Waals surface area contributed by atoms with Gasteiger partial charge in [-0.05, 0) is 54.0 Å². The van der Waals surface area contributed by atoms with E-state index in [4.69, 9.17) is 37.4 Å². The fourth-order valence-electron chi connectivity index (χ4n) is 4.58. The molecular formula is C32H26Cl2N2O5S. The Bertz CT molecular complexity index is 1880. The van der Waals surface area contributed by atoms with Crippen LogP contribution < -0.4 is 24.4 Å². The zero-order valence-corrected chi connectivity index (χ0v) is 25.1. The highest BCUT2D eigenvalue weighted by Crippen LogP contribution is 2.36. The fourth-order valence-corrected chi connectivity index (χ4v) is 6.08. The first-order valence-corrected chi connectivity index (χ1v) is 14.5. The van der Waals surface area contributed by atoms with E-state index in [9.17, 15) is 9.59 Å². The lowest BCUT2D eigenvalue weighted by atomic mass is 9.95. The Hall–Kier alpha value is -4.11. The Morgan fingerprint density at radius 3 is 2.60 bits per heavy atom. The van der Waals surface area contributed by atoms with E-state index < -0.39 is 12.0 Å². The van der Waals surface area contributed by atoms with Gasteiger partial charge in [-0.3, -0.25) is 9.36 Å². The molecule has 10 heteroatoms. The van der Waals surface area contributed by atoms with Gasteiger partial charge in [0.2, 0.25) is 0 Å². The number of hydrogen-bond donors (Lipinski definition) is 0. The van der Waals surface area contributed by atoms with Gasteiger partial charge in [-0.2, -0.15) is 0 Å². The Kier molecular flexibility index (Phi) is 8.97. The van der Waals surface area contributed by atoms with Crippen LogP contribution in [0.1, 0.15) is 29.7 Å². The molecular weight excluding hydrogens is 595 g/mol. The number of rotatable bonds is 9. The van der Waals surface area contributed by atoms with E-state index in [1.807, 2.05) is 30.3 Å². The molecule has 0 bridgehead atoms. The molecule has 7 nitrogen and oxygen atoms in total. The third-order valence-corrected chi connectivity index (χ3v) is 8.11. The maximum atomic E-state index is 14.0. The highest BCUT2D eigenvalue weighted by molar-refractivity contribution is 7.07. The maximum absolute atomic E-state index is 14.0. The highest BCUT2D eigenvalue weighted by atomic mass is 35.5. The van der Waals surface area contributed by atoms with Crippen molar-refractivity contribution in [3.63, 3.8) is 0 Å². The van der Waals surface area contributed by atoms with Crippen molar-refractivity contribution in [1.29, 1.82) is 0 Å². The molecule has 214 valence electrons. The monoisotopic (exact) mass is 620 g/mol. The van der Waals surface area contributed by atoms with Crippen molar-refractivity contribution in [1.82, 2.24) is 4.57 Å². The Labute approximate surface area is 256 Å². The van der Waals surface area contributed by atoms with Gasteiger partial charge in [-0.25, -0.2) is 9.79 Å². The Morgan fingerprint density at radius 2 is 1.88 bits per heavy atom. The molecule has 0 amide bonds. The molecule has 0 fully saturated rings. The molecule has 3 aromatic carbocycles. The molecule has 1 atom stereocenters. The molecule has 4 aromatic rings. The number of methoxy groups -OCH3 is 1. The van der Waals surface area contributed by atoms with Gasteiger partial charge in [0.15, 0.2) is 16.3 Å². The minimum Gasteiger partial charge on any atom is -0.493 e. The van der Waals surface area contributed by atoms with Crippen LogP contribution in [-0.4, -0.2) is 24.3 Å². The van der Waals surface area contributed by atoms with Crippen LogP contribution in [0.25, 0.3) is 6.08 Å². The summed E-state index contributed by atoms with van der Waals surface area (Å²) < 4.78 is 19.0. The van der Waals surface area contributed by atoms with Gasteiger partial charge in [0.1, 0.15) is 13.2 Å². The number of aromatic nitrogens is 1. The third kappa shape index (κ3) is 6.06. The Balaban J connectivity index is 1.65. The summed E-state index contributed by atoms with van der Waals surface area (Å²) >= 11 is 13.7. The van der Waals surface area contributed by atoms with Crippen LogP contribution in [0.4, 0.5) is 0 Å². The van der Waals surface area contributed by atoms with Crippen molar-refractivity contribution in [3.05, 3.63) is 137 Å². The normalized spacial score (nSPS) is 14.7. The van der Waals surface area contributed by atoms with Crippen LogP contribution in [0.15, 0.2) is 100 Å². The largest absolute Gasteiger partial charge is 0.493 e. The van der Waals surface area contributed by atoms with Crippen molar-refractivity contribution in [2.24, 2.45) is 4.99 Å². The Morgan fingerprint density at radius 1 is 1.10 bits per heavy atom. The summed E-state index contributed by atoms with van der Waals surface area (Å²) in [5.41, 5.74) is 2.45. The summed E-state index contributed by atoms with van der Waals surface area (Å²) in [5, 5.41) is 0.897. The molecule has 1 aliphatic rings. The second-order valence-electron chi connectivity index (χ2n) is 9.32. The fraction of sp³-hybridized carbons (Fsp3) is 0.156. The zero-order chi connectivity index (χ0) is 29.8. The topological polar surface area (TPSA) is 79.1 Å². The summed E-state index contributed by atoms with van der Waals surface area (Å²) in [5.74, 6) is 0.363. The van der Waals surface area contributed by atoms with Gasteiger partial charge in [0.05, 0.1) is 29.0 Å². The smallest absolute Gasteiger partial charge is 0.338 e. The lowest BCUT2D eigenvalue weighted by molar-refractivity contribution is -0.140. The van der Waals surface area contributed by atoms with Crippen LogP contribution in [0.5, 0.6) is 11.5 Å². The number of carbonyl (C=O) groups excluding carboxylic acids is 1. The first-order valence-electron chi connectivity index (χ1n) is 12.9. The number of fused-ring (bicyclic) bond motifs is 1. The molecule has 0 spiro atoms. The predicted molar refractivity (Wildman–Crippen MR) is 165 cm³/mol. The SMILES string of the molecule is C=CCOc1ccc(C2C(C(=O)OCc3ccccc3)=C(C)N=c3sc(=Cc4ccc(Cl)cc4Cl)c(=O)n32)cc1OC. The molecule has 0 aliphatic carbocycles. The number of ether oxygens (including phenoxy) is 3. The number of hydrogen-bond acceptors (Lipinski definition) is 7. The summed E-state index contributed by atoms with van der Waals surface area (Å²) in [7, 11) is 1.53. The van der Waals surface area contributed by atoms with Crippen molar-refractivity contribution in [3.8, 4) is 11.5 Å². The van der Waals surface area contributed by atoms with Crippen molar-refractivity contribution < 1.29 is 19.0 Å². The van der Waals surface area contributed by atoms with E-state index in [0.717, 1.165) is 5.56 Å².